The van der Waals surface area contributed by atoms with E-state index in [0.29, 0.717) is 6.61 Å². The topological polar surface area (TPSA) is 65.2 Å². The lowest BCUT2D eigenvalue weighted by Crippen LogP contribution is -2.18. The summed E-state index contributed by atoms with van der Waals surface area (Å²) in [5.41, 5.74) is 5.70. The van der Waals surface area contributed by atoms with Crippen molar-refractivity contribution in [3.63, 3.8) is 0 Å². The summed E-state index contributed by atoms with van der Waals surface area (Å²) in [5, 5.41) is 0. The Morgan fingerprint density at radius 3 is 3.08 bits per heavy atom. The van der Waals surface area contributed by atoms with Crippen LogP contribution < -0.4 is 5.73 Å². The van der Waals surface area contributed by atoms with Crippen molar-refractivity contribution in [2.24, 2.45) is 5.73 Å². The molecule has 1 heterocycles. The molecule has 0 atom stereocenters. The summed E-state index contributed by atoms with van der Waals surface area (Å²) in [6.07, 6.45) is 3.48. The number of nitrogens with two attached hydrogens (primary N) is 1. The van der Waals surface area contributed by atoms with E-state index in [4.69, 9.17) is 10.5 Å². The summed E-state index contributed by atoms with van der Waals surface area (Å²) in [4.78, 5) is 14.3. The molecule has 0 aliphatic heterocycles. The lowest BCUT2D eigenvalue weighted by atomic mass is 10.3. The van der Waals surface area contributed by atoms with Gasteiger partial charge in [-0.05, 0) is 12.1 Å². The summed E-state index contributed by atoms with van der Waals surface area (Å²) in [6, 6.07) is 5.57. The summed E-state index contributed by atoms with van der Waals surface area (Å²) < 4.78 is 4.93. The number of carbonyl (C=O) groups is 1. The molecule has 4 nitrogen and oxygen atoms in total. The van der Waals surface area contributed by atoms with Crippen LogP contribution in [0.2, 0.25) is 0 Å². The number of carbonyl (C=O) groups excluding carboxylic acids is 1. The minimum Gasteiger partial charge on any atom is -0.371 e. The summed E-state index contributed by atoms with van der Waals surface area (Å²) in [6.45, 7) is 0.295. The zero-order valence-electron chi connectivity index (χ0n) is 7.14. The van der Waals surface area contributed by atoms with Gasteiger partial charge in [0.1, 0.15) is 6.61 Å². The molecule has 4 heteroatoms. The molecule has 1 aromatic rings. The minimum absolute atomic E-state index is 0.0522. The number of rotatable bonds is 5. The van der Waals surface area contributed by atoms with Crippen LogP contribution in [-0.2, 0) is 9.53 Å². The predicted octanol–water partition coefficient (Wildman–Crippen LogP) is 0.136. The van der Waals surface area contributed by atoms with Gasteiger partial charge in [0.25, 0.3) is 0 Å². The number of amides is 1. The van der Waals surface area contributed by atoms with Crippen LogP contribution in [0.1, 0.15) is 5.69 Å². The van der Waals surface area contributed by atoms with Gasteiger partial charge >= 0.3 is 0 Å². The highest BCUT2D eigenvalue weighted by molar-refractivity contribution is 5.74. The van der Waals surface area contributed by atoms with Gasteiger partial charge in [-0.25, -0.2) is 0 Å². The van der Waals surface area contributed by atoms with Crippen LogP contribution in [0, 0.1) is 6.42 Å². The third-order valence-corrected chi connectivity index (χ3v) is 1.34. The molecular weight excluding hydrogens is 168 g/mol. The van der Waals surface area contributed by atoms with Crippen LogP contribution in [0.3, 0.4) is 0 Å². The number of hydrogen-bond donors (Lipinski definition) is 1. The zero-order chi connectivity index (χ0) is 9.52. The van der Waals surface area contributed by atoms with E-state index in [1.807, 2.05) is 18.2 Å². The van der Waals surface area contributed by atoms with Crippen molar-refractivity contribution in [1.82, 2.24) is 4.98 Å². The molecule has 1 rings (SSSR count). The average Bonchev–Trinajstić information content (AvgIpc) is 2.14. The standard InChI is InChI=1S/C9H11N2O2/c10-9(12)7-13-6-4-8-3-1-2-5-11-8/h1-5H,6-7H2,(H2,10,12). The molecule has 69 valence electrons. The molecule has 0 aliphatic carbocycles. The molecule has 1 aromatic heterocycles. The lowest BCUT2D eigenvalue weighted by molar-refractivity contribution is -0.122. The largest absolute Gasteiger partial charge is 0.371 e. The van der Waals surface area contributed by atoms with Crippen molar-refractivity contribution in [3.05, 3.63) is 36.5 Å². The maximum atomic E-state index is 10.3. The number of ether oxygens (including phenoxy) is 1. The molecule has 1 radical (unpaired) electrons. The van der Waals surface area contributed by atoms with Crippen LogP contribution in [0.25, 0.3) is 0 Å². The zero-order valence-corrected chi connectivity index (χ0v) is 7.14. The molecule has 2 N–H and O–H groups in total. The lowest BCUT2D eigenvalue weighted by Gasteiger charge is -2.00. The summed E-state index contributed by atoms with van der Waals surface area (Å²) in [5.74, 6) is -0.463. The van der Waals surface area contributed by atoms with E-state index in [-0.39, 0.29) is 6.61 Å². The smallest absolute Gasteiger partial charge is 0.243 e. The Balaban J connectivity index is 2.17. The fourth-order valence-electron chi connectivity index (χ4n) is 0.801. The molecule has 0 saturated carbocycles. The first-order valence-electron chi connectivity index (χ1n) is 3.89. The molecule has 0 fully saturated rings. The summed E-state index contributed by atoms with van der Waals surface area (Å²) in [7, 11) is 0. The quantitative estimate of drug-likeness (QED) is 0.653. The van der Waals surface area contributed by atoms with Crippen LogP contribution in [-0.4, -0.2) is 24.1 Å². The van der Waals surface area contributed by atoms with Gasteiger partial charge in [0, 0.05) is 18.3 Å². The molecule has 0 bridgehead atoms. The monoisotopic (exact) mass is 179 g/mol. The average molecular weight is 179 g/mol. The van der Waals surface area contributed by atoms with Gasteiger partial charge < -0.3 is 10.5 Å². The van der Waals surface area contributed by atoms with E-state index in [2.05, 4.69) is 4.98 Å². The van der Waals surface area contributed by atoms with Gasteiger partial charge in [-0.2, -0.15) is 0 Å². The van der Waals surface area contributed by atoms with Crippen LogP contribution in [0.15, 0.2) is 24.4 Å². The third-order valence-electron chi connectivity index (χ3n) is 1.34. The summed E-state index contributed by atoms with van der Waals surface area (Å²) >= 11 is 0. The van der Waals surface area contributed by atoms with Gasteiger partial charge in [0.2, 0.25) is 5.91 Å². The first-order chi connectivity index (χ1) is 6.29. The van der Waals surface area contributed by atoms with E-state index < -0.39 is 5.91 Å². The Kier molecular flexibility index (Phi) is 3.92. The number of aromatic nitrogens is 1. The molecule has 0 saturated heterocycles. The second-order valence-electron chi connectivity index (χ2n) is 2.44. The maximum absolute atomic E-state index is 10.3. The van der Waals surface area contributed by atoms with Crippen molar-refractivity contribution >= 4 is 5.91 Å². The normalized spacial score (nSPS) is 9.85. The fourth-order valence-corrected chi connectivity index (χ4v) is 0.801. The SMILES string of the molecule is NC(=O)COC[CH]c1ccccn1. The maximum Gasteiger partial charge on any atom is 0.243 e. The highest BCUT2D eigenvalue weighted by atomic mass is 16.5. The van der Waals surface area contributed by atoms with Crippen molar-refractivity contribution < 1.29 is 9.53 Å². The Hall–Kier alpha value is -1.42. The van der Waals surface area contributed by atoms with E-state index >= 15 is 0 Å². The van der Waals surface area contributed by atoms with Gasteiger partial charge in [-0.3, -0.25) is 9.78 Å². The Bertz CT molecular complexity index is 262. The fraction of sp³-hybridized carbons (Fsp3) is 0.222. The second kappa shape index (κ2) is 5.27. The van der Waals surface area contributed by atoms with Gasteiger partial charge in [-0.1, -0.05) is 6.07 Å². The molecule has 0 aliphatic rings. The molecule has 0 spiro atoms. The van der Waals surface area contributed by atoms with Crippen LogP contribution >= 0.6 is 0 Å². The predicted molar refractivity (Wildman–Crippen MR) is 47.7 cm³/mol. The van der Waals surface area contributed by atoms with Crippen LogP contribution in [0.5, 0.6) is 0 Å². The Morgan fingerprint density at radius 1 is 1.62 bits per heavy atom. The Labute approximate surface area is 76.7 Å². The highest BCUT2D eigenvalue weighted by Gasteiger charge is 1.96. The molecule has 0 unspecified atom stereocenters. The van der Waals surface area contributed by atoms with Gasteiger partial charge in [-0.15, -0.1) is 0 Å². The molecule has 1 amide bonds. The third kappa shape index (κ3) is 4.22. The van der Waals surface area contributed by atoms with E-state index in [9.17, 15) is 4.79 Å². The van der Waals surface area contributed by atoms with E-state index in [1.165, 1.54) is 0 Å². The van der Waals surface area contributed by atoms with Crippen molar-refractivity contribution in [2.45, 2.75) is 0 Å². The molecular formula is C9H11N2O2. The first-order valence-corrected chi connectivity index (χ1v) is 3.89. The second-order valence-corrected chi connectivity index (χ2v) is 2.44. The first kappa shape index (κ1) is 9.67. The highest BCUT2D eigenvalue weighted by Crippen LogP contribution is 1.96. The molecule has 13 heavy (non-hydrogen) atoms. The Morgan fingerprint density at radius 2 is 2.46 bits per heavy atom. The number of hydrogen-bond acceptors (Lipinski definition) is 3. The van der Waals surface area contributed by atoms with E-state index in [0.717, 1.165) is 5.69 Å². The number of primary amides is 1. The van der Waals surface area contributed by atoms with Crippen molar-refractivity contribution in [2.75, 3.05) is 13.2 Å². The number of nitrogens with zero attached hydrogens (tertiary/aromatic N) is 1. The van der Waals surface area contributed by atoms with Crippen molar-refractivity contribution in [3.8, 4) is 0 Å². The van der Waals surface area contributed by atoms with Crippen LogP contribution in [0.4, 0.5) is 0 Å². The van der Waals surface area contributed by atoms with Gasteiger partial charge in [0.05, 0.1) is 6.61 Å². The van der Waals surface area contributed by atoms with Crippen molar-refractivity contribution in [1.29, 1.82) is 0 Å². The van der Waals surface area contributed by atoms with Gasteiger partial charge in [0.15, 0.2) is 0 Å². The molecule has 0 aromatic carbocycles. The van der Waals surface area contributed by atoms with E-state index in [1.54, 1.807) is 12.6 Å². The minimum atomic E-state index is -0.463. The number of pyridine rings is 1.